The predicted molar refractivity (Wildman–Crippen MR) is 84.2 cm³/mol. The highest BCUT2D eigenvalue weighted by atomic mass is 32.2. The van der Waals surface area contributed by atoms with Crippen LogP contribution in [0.5, 0.6) is 0 Å². The number of carbonyl (C=O) groups is 2. The van der Waals surface area contributed by atoms with Gasteiger partial charge in [-0.05, 0) is 12.8 Å². The summed E-state index contributed by atoms with van der Waals surface area (Å²) in [5.74, 6) is 2.66. The highest BCUT2D eigenvalue weighted by Gasteiger charge is 2.36. The van der Waals surface area contributed by atoms with Gasteiger partial charge in [-0.1, -0.05) is 12.8 Å². The van der Waals surface area contributed by atoms with Crippen molar-refractivity contribution in [1.82, 2.24) is 15.1 Å². The molecule has 2 amide bonds. The summed E-state index contributed by atoms with van der Waals surface area (Å²) in [4.78, 5) is 28.3. The quantitative estimate of drug-likeness (QED) is 0.824. The van der Waals surface area contributed by atoms with E-state index in [1.807, 2.05) is 16.7 Å². The standard InChI is InChI=1S/C15H25N3O2S/c19-14(16-13-3-1-2-4-13)11-17-9-12(10-17)15(20)18-5-7-21-8-6-18/h12-13H,1-11H2,(H,16,19). The number of carbonyl (C=O) groups excluding carboxylic acids is 2. The van der Waals surface area contributed by atoms with E-state index in [1.165, 1.54) is 12.8 Å². The van der Waals surface area contributed by atoms with Gasteiger partial charge in [0.1, 0.15) is 0 Å². The van der Waals surface area contributed by atoms with E-state index in [-0.39, 0.29) is 11.8 Å². The predicted octanol–water partition coefficient (Wildman–Crippen LogP) is 0.552. The Hall–Kier alpha value is -0.750. The normalized spacial score (nSPS) is 24.9. The summed E-state index contributed by atoms with van der Waals surface area (Å²) in [7, 11) is 0. The Balaban J connectivity index is 1.35. The lowest BCUT2D eigenvalue weighted by molar-refractivity contribution is -0.142. The monoisotopic (exact) mass is 311 g/mol. The molecule has 0 unspecified atom stereocenters. The van der Waals surface area contributed by atoms with Crippen LogP contribution in [0, 0.1) is 5.92 Å². The first kappa shape index (κ1) is 15.2. The van der Waals surface area contributed by atoms with Crippen molar-refractivity contribution in [2.24, 2.45) is 5.92 Å². The molecular formula is C15H25N3O2S. The second kappa shape index (κ2) is 7.01. The Labute approximate surface area is 130 Å². The van der Waals surface area contributed by atoms with Gasteiger partial charge in [0.25, 0.3) is 0 Å². The summed E-state index contributed by atoms with van der Waals surface area (Å²) in [5, 5.41) is 3.11. The summed E-state index contributed by atoms with van der Waals surface area (Å²) < 4.78 is 0. The average molecular weight is 311 g/mol. The van der Waals surface area contributed by atoms with E-state index in [2.05, 4.69) is 10.2 Å². The maximum absolute atomic E-state index is 12.3. The van der Waals surface area contributed by atoms with E-state index in [0.717, 1.165) is 50.5 Å². The van der Waals surface area contributed by atoms with E-state index in [0.29, 0.717) is 18.5 Å². The zero-order valence-corrected chi connectivity index (χ0v) is 13.4. The fourth-order valence-corrected chi connectivity index (χ4v) is 4.35. The molecule has 0 aromatic carbocycles. The molecule has 5 nitrogen and oxygen atoms in total. The van der Waals surface area contributed by atoms with Crippen molar-refractivity contribution < 1.29 is 9.59 Å². The Morgan fingerprint density at radius 2 is 1.76 bits per heavy atom. The van der Waals surface area contributed by atoms with Crippen LogP contribution < -0.4 is 5.32 Å². The van der Waals surface area contributed by atoms with Crippen molar-refractivity contribution in [1.29, 1.82) is 0 Å². The molecular weight excluding hydrogens is 286 g/mol. The summed E-state index contributed by atoms with van der Waals surface area (Å²) in [6.45, 7) is 3.74. The fraction of sp³-hybridized carbons (Fsp3) is 0.867. The largest absolute Gasteiger partial charge is 0.352 e. The van der Waals surface area contributed by atoms with Crippen molar-refractivity contribution >= 4 is 23.6 Å². The Morgan fingerprint density at radius 3 is 2.43 bits per heavy atom. The molecule has 0 bridgehead atoms. The van der Waals surface area contributed by atoms with Gasteiger partial charge >= 0.3 is 0 Å². The zero-order valence-electron chi connectivity index (χ0n) is 12.6. The third-order valence-electron chi connectivity index (χ3n) is 4.72. The number of hydrogen-bond acceptors (Lipinski definition) is 4. The van der Waals surface area contributed by atoms with Crippen LogP contribution in [0.25, 0.3) is 0 Å². The molecule has 6 heteroatoms. The number of nitrogens with one attached hydrogen (secondary N) is 1. The van der Waals surface area contributed by atoms with Crippen LogP contribution in [0.1, 0.15) is 25.7 Å². The fourth-order valence-electron chi connectivity index (χ4n) is 3.44. The average Bonchev–Trinajstić information content (AvgIpc) is 2.95. The van der Waals surface area contributed by atoms with E-state index < -0.39 is 0 Å². The molecule has 21 heavy (non-hydrogen) atoms. The highest BCUT2D eigenvalue weighted by Crippen LogP contribution is 2.21. The number of nitrogens with zero attached hydrogens (tertiary/aromatic N) is 2. The summed E-state index contributed by atoms with van der Waals surface area (Å²) in [5.41, 5.74) is 0. The Bertz CT molecular complexity index is 386. The number of rotatable bonds is 4. The molecule has 118 valence electrons. The highest BCUT2D eigenvalue weighted by molar-refractivity contribution is 7.99. The van der Waals surface area contributed by atoms with Crippen LogP contribution in [0.2, 0.25) is 0 Å². The van der Waals surface area contributed by atoms with E-state index >= 15 is 0 Å². The molecule has 2 aliphatic heterocycles. The summed E-state index contributed by atoms with van der Waals surface area (Å²) in [6.07, 6.45) is 4.72. The number of hydrogen-bond donors (Lipinski definition) is 1. The number of amides is 2. The van der Waals surface area contributed by atoms with Gasteiger partial charge in [-0.25, -0.2) is 0 Å². The van der Waals surface area contributed by atoms with Crippen molar-refractivity contribution in [2.75, 3.05) is 44.2 Å². The van der Waals surface area contributed by atoms with E-state index in [4.69, 9.17) is 0 Å². The van der Waals surface area contributed by atoms with Crippen molar-refractivity contribution in [3.63, 3.8) is 0 Å². The molecule has 0 aromatic heterocycles. The Kier molecular flexibility index (Phi) is 5.06. The second-order valence-corrected chi connectivity index (χ2v) is 7.60. The van der Waals surface area contributed by atoms with Gasteiger partial charge in [0.15, 0.2) is 0 Å². The van der Waals surface area contributed by atoms with Crippen LogP contribution in [0.15, 0.2) is 0 Å². The lowest BCUT2D eigenvalue weighted by atomic mass is 9.98. The minimum Gasteiger partial charge on any atom is -0.352 e. The van der Waals surface area contributed by atoms with Crippen LogP contribution in [0.3, 0.4) is 0 Å². The summed E-state index contributed by atoms with van der Waals surface area (Å²) >= 11 is 1.92. The van der Waals surface area contributed by atoms with Gasteiger partial charge in [-0.3, -0.25) is 14.5 Å². The lowest BCUT2D eigenvalue weighted by Gasteiger charge is -2.41. The Morgan fingerprint density at radius 1 is 1.10 bits per heavy atom. The van der Waals surface area contributed by atoms with Crippen molar-refractivity contribution in [3.05, 3.63) is 0 Å². The van der Waals surface area contributed by atoms with Crippen LogP contribution in [0.4, 0.5) is 0 Å². The first-order valence-corrected chi connectivity index (χ1v) is 9.26. The van der Waals surface area contributed by atoms with Crippen molar-refractivity contribution in [2.45, 2.75) is 31.7 Å². The molecule has 3 aliphatic rings. The zero-order chi connectivity index (χ0) is 14.7. The maximum atomic E-state index is 12.3. The van der Waals surface area contributed by atoms with Gasteiger partial charge in [-0.2, -0.15) is 11.8 Å². The minimum absolute atomic E-state index is 0.118. The van der Waals surface area contributed by atoms with Gasteiger partial charge in [-0.15, -0.1) is 0 Å². The smallest absolute Gasteiger partial charge is 0.234 e. The molecule has 3 fully saturated rings. The third-order valence-corrected chi connectivity index (χ3v) is 5.66. The number of likely N-dealkylation sites (tertiary alicyclic amines) is 1. The van der Waals surface area contributed by atoms with Crippen molar-refractivity contribution in [3.8, 4) is 0 Å². The number of thioether (sulfide) groups is 1. The van der Waals surface area contributed by atoms with Gasteiger partial charge in [0, 0.05) is 43.7 Å². The molecule has 0 aromatic rings. The molecule has 2 saturated heterocycles. The molecule has 3 rings (SSSR count). The van der Waals surface area contributed by atoms with Crippen LogP contribution >= 0.6 is 11.8 Å². The molecule has 1 saturated carbocycles. The SMILES string of the molecule is O=C(CN1CC(C(=O)N2CCSCC2)C1)NC1CCCC1. The molecule has 1 N–H and O–H groups in total. The molecule has 0 atom stereocenters. The minimum atomic E-state index is 0.118. The van der Waals surface area contributed by atoms with E-state index in [1.54, 1.807) is 0 Å². The van der Waals surface area contributed by atoms with Gasteiger partial charge < -0.3 is 10.2 Å². The van der Waals surface area contributed by atoms with E-state index in [9.17, 15) is 9.59 Å². The van der Waals surface area contributed by atoms with Crippen LogP contribution in [-0.4, -0.2) is 71.9 Å². The molecule has 2 heterocycles. The lowest BCUT2D eigenvalue weighted by Crippen LogP contribution is -2.57. The summed E-state index contributed by atoms with van der Waals surface area (Å²) in [6, 6.07) is 0.391. The molecule has 0 spiro atoms. The maximum Gasteiger partial charge on any atom is 0.234 e. The van der Waals surface area contributed by atoms with Gasteiger partial charge in [0.05, 0.1) is 12.5 Å². The topological polar surface area (TPSA) is 52.7 Å². The second-order valence-electron chi connectivity index (χ2n) is 6.38. The molecule has 1 aliphatic carbocycles. The first-order valence-electron chi connectivity index (χ1n) is 8.10. The van der Waals surface area contributed by atoms with Gasteiger partial charge in [0.2, 0.25) is 11.8 Å². The third kappa shape index (κ3) is 3.92. The first-order chi connectivity index (χ1) is 10.2. The van der Waals surface area contributed by atoms with Crippen LogP contribution in [-0.2, 0) is 9.59 Å². The molecule has 0 radical (unpaired) electrons.